The van der Waals surface area contributed by atoms with Gasteiger partial charge >= 0.3 is 11.9 Å². The second kappa shape index (κ2) is 10.8. The lowest BCUT2D eigenvalue weighted by molar-refractivity contribution is -0.188. The first-order chi connectivity index (χ1) is 8.61. The molecule has 0 aliphatic heterocycles. The third-order valence-corrected chi connectivity index (χ3v) is 2.34. The van der Waals surface area contributed by atoms with E-state index in [0.717, 1.165) is 25.3 Å². The maximum absolute atomic E-state index is 11.1. The third-order valence-electron chi connectivity index (χ3n) is 2.34. The van der Waals surface area contributed by atoms with Crippen LogP contribution in [0.4, 0.5) is 0 Å². The largest absolute Gasteiger partial charge is 0.461 e. The van der Waals surface area contributed by atoms with Gasteiger partial charge in [-0.25, -0.2) is 9.59 Å². The van der Waals surface area contributed by atoms with Crippen LogP contribution >= 0.6 is 0 Å². The average Bonchev–Trinajstić information content (AvgIpc) is 2.37. The first kappa shape index (κ1) is 16.6. The number of unbranched alkanes of at least 4 members (excludes halogenated alkanes) is 5. The van der Waals surface area contributed by atoms with E-state index in [4.69, 9.17) is 9.84 Å². The van der Waals surface area contributed by atoms with Crippen molar-refractivity contribution in [1.29, 1.82) is 0 Å². The highest BCUT2D eigenvalue weighted by Gasteiger charge is 2.19. The Morgan fingerprint density at radius 1 is 1.22 bits per heavy atom. The molecule has 0 aromatic heterocycles. The Labute approximate surface area is 108 Å². The van der Waals surface area contributed by atoms with Crippen molar-refractivity contribution in [2.45, 2.75) is 51.7 Å². The molecule has 0 aromatic rings. The summed E-state index contributed by atoms with van der Waals surface area (Å²) in [6.07, 6.45) is 5.43. The molecule has 0 rings (SSSR count). The number of ether oxygens (including phenoxy) is 2. The molecule has 0 spiro atoms. The van der Waals surface area contributed by atoms with Crippen LogP contribution in [0.1, 0.15) is 45.4 Å². The van der Waals surface area contributed by atoms with Crippen molar-refractivity contribution >= 4 is 11.9 Å². The molecule has 0 saturated carbocycles. The molecular formula is C13H22O5. The van der Waals surface area contributed by atoms with E-state index in [9.17, 15) is 9.59 Å². The van der Waals surface area contributed by atoms with Gasteiger partial charge in [-0.3, -0.25) is 0 Å². The van der Waals surface area contributed by atoms with E-state index in [-0.39, 0.29) is 6.61 Å². The van der Waals surface area contributed by atoms with Crippen LogP contribution in [0, 0.1) is 0 Å². The summed E-state index contributed by atoms with van der Waals surface area (Å²) in [5.74, 6) is -1.81. The first-order valence-electron chi connectivity index (χ1n) is 6.29. The Morgan fingerprint density at radius 2 is 1.83 bits per heavy atom. The van der Waals surface area contributed by atoms with E-state index in [0.29, 0.717) is 0 Å². The molecule has 0 saturated heterocycles. The summed E-state index contributed by atoms with van der Waals surface area (Å²) in [4.78, 5) is 21.8. The van der Waals surface area contributed by atoms with Crippen LogP contribution in [0.2, 0.25) is 0 Å². The molecule has 1 atom stereocenters. The molecule has 0 heterocycles. The number of aliphatic hydroxyl groups excluding tert-OH is 1. The van der Waals surface area contributed by atoms with E-state index in [2.05, 4.69) is 18.2 Å². The lowest BCUT2D eigenvalue weighted by atomic mass is 10.1. The van der Waals surface area contributed by atoms with Crippen LogP contribution in [0.5, 0.6) is 0 Å². The molecule has 0 aliphatic rings. The Hall–Kier alpha value is -1.36. The SMILES string of the molecule is C=CC(=O)OC(O)C(=O)OCCCCCCCC. The van der Waals surface area contributed by atoms with Crippen molar-refractivity contribution in [2.24, 2.45) is 0 Å². The zero-order valence-electron chi connectivity index (χ0n) is 10.9. The number of rotatable bonds is 10. The lowest BCUT2D eigenvalue weighted by Crippen LogP contribution is -2.28. The molecule has 1 N–H and O–H groups in total. The minimum absolute atomic E-state index is 0.230. The van der Waals surface area contributed by atoms with Crippen molar-refractivity contribution in [3.63, 3.8) is 0 Å². The standard InChI is InChI=1S/C13H22O5/c1-3-5-6-7-8-9-10-17-12(15)13(16)18-11(14)4-2/h4,13,16H,2-3,5-10H2,1H3. The molecule has 0 aromatic carbocycles. The molecule has 0 fully saturated rings. The van der Waals surface area contributed by atoms with Gasteiger partial charge < -0.3 is 14.6 Å². The second-order valence-electron chi connectivity index (χ2n) is 3.93. The zero-order valence-corrected chi connectivity index (χ0v) is 10.9. The lowest BCUT2D eigenvalue weighted by Gasteiger charge is -2.10. The van der Waals surface area contributed by atoms with Crippen LogP contribution < -0.4 is 0 Å². The molecule has 1 unspecified atom stereocenters. The maximum atomic E-state index is 11.1. The van der Waals surface area contributed by atoms with Gasteiger partial charge in [0, 0.05) is 6.08 Å². The number of carbonyl (C=O) groups is 2. The highest BCUT2D eigenvalue weighted by molar-refractivity contribution is 5.84. The Morgan fingerprint density at radius 3 is 2.44 bits per heavy atom. The van der Waals surface area contributed by atoms with Gasteiger partial charge in [0.2, 0.25) is 0 Å². The van der Waals surface area contributed by atoms with Crippen LogP contribution in [0.3, 0.4) is 0 Å². The summed E-state index contributed by atoms with van der Waals surface area (Å²) >= 11 is 0. The summed E-state index contributed by atoms with van der Waals surface area (Å²) in [6, 6.07) is 0. The molecule has 0 amide bonds. The molecule has 0 aliphatic carbocycles. The summed E-state index contributed by atoms with van der Waals surface area (Å²) in [5.41, 5.74) is 0. The Kier molecular flexibility index (Phi) is 9.96. The second-order valence-corrected chi connectivity index (χ2v) is 3.93. The van der Waals surface area contributed by atoms with Gasteiger partial charge in [-0.05, 0) is 6.42 Å². The summed E-state index contributed by atoms with van der Waals surface area (Å²) in [6.45, 7) is 5.52. The molecule has 5 heteroatoms. The molecule has 104 valence electrons. The van der Waals surface area contributed by atoms with Crippen molar-refractivity contribution in [3.8, 4) is 0 Å². The smallest absolute Gasteiger partial charge is 0.376 e. The molecule has 0 radical (unpaired) electrons. The summed E-state index contributed by atoms with van der Waals surface area (Å²) in [5, 5.41) is 9.13. The first-order valence-corrected chi connectivity index (χ1v) is 6.29. The average molecular weight is 258 g/mol. The van der Waals surface area contributed by atoms with Gasteiger partial charge in [-0.2, -0.15) is 0 Å². The molecular weight excluding hydrogens is 236 g/mol. The third kappa shape index (κ3) is 8.75. The number of hydrogen-bond acceptors (Lipinski definition) is 5. The number of esters is 2. The van der Waals surface area contributed by atoms with Gasteiger partial charge in [0.1, 0.15) is 0 Å². The monoisotopic (exact) mass is 258 g/mol. The summed E-state index contributed by atoms with van der Waals surface area (Å²) < 4.78 is 9.05. The quantitative estimate of drug-likeness (QED) is 0.280. The van der Waals surface area contributed by atoms with Crippen LogP contribution in [0.15, 0.2) is 12.7 Å². The molecule has 18 heavy (non-hydrogen) atoms. The number of aliphatic hydroxyl groups is 1. The fourth-order valence-electron chi connectivity index (χ4n) is 1.33. The highest BCUT2D eigenvalue weighted by Crippen LogP contribution is 2.05. The number of hydrogen-bond donors (Lipinski definition) is 1. The van der Waals surface area contributed by atoms with Gasteiger partial charge in [0.05, 0.1) is 6.61 Å². The predicted molar refractivity (Wildman–Crippen MR) is 66.6 cm³/mol. The zero-order chi connectivity index (χ0) is 13.8. The minimum atomic E-state index is -1.87. The topological polar surface area (TPSA) is 72.8 Å². The van der Waals surface area contributed by atoms with E-state index < -0.39 is 18.2 Å². The highest BCUT2D eigenvalue weighted by atomic mass is 16.7. The minimum Gasteiger partial charge on any atom is -0.461 e. The van der Waals surface area contributed by atoms with Gasteiger partial charge in [0.25, 0.3) is 6.29 Å². The van der Waals surface area contributed by atoms with Crippen LogP contribution in [0.25, 0.3) is 0 Å². The fourth-order valence-corrected chi connectivity index (χ4v) is 1.33. The summed E-state index contributed by atoms with van der Waals surface area (Å²) in [7, 11) is 0. The van der Waals surface area contributed by atoms with Crippen molar-refractivity contribution < 1.29 is 24.2 Å². The Balaban J connectivity index is 3.52. The van der Waals surface area contributed by atoms with Gasteiger partial charge in [-0.1, -0.05) is 45.6 Å². The van der Waals surface area contributed by atoms with Crippen molar-refractivity contribution in [1.82, 2.24) is 0 Å². The predicted octanol–water partition coefficient (Wildman–Crippen LogP) is 1.94. The van der Waals surface area contributed by atoms with E-state index in [1.54, 1.807) is 0 Å². The Bertz CT molecular complexity index is 262. The molecule has 5 nitrogen and oxygen atoms in total. The van der Waals surface area contributed by atoms with Crippen molar-refractivity contribution in [2.75, 3.05) is 6.61 Å². The van der Waals surface area contributed by atoms with Crippen molar-refractivity contribution in [3.05, 3.63) is 12.7 Å². The van der Waals surface area contributed by atoms with Crippen LogP contribution in [-0.2, 0) is 19.1 Å². The number of carbonyl (C=O) groups excluding carboxylic acids is 2. The maximum Gasteiger partial charge on any atom is 0.376 e. The fraction of sp³-hybridized carbons (Fsp3) is 0.692. The van der Waals surface area contributed by atoms with Gasteiger partial charge in [-0.15, -0.1) is 0 Å². The van der Waals surface area contributed by atoms with Crippen LogP contribution in [-0.4, -0.2) is 29.9 Å². The van der Waals surface area contributed by atoms with E-state index in [1.807, 2.05) is 0 Å². The van der Waals surface area contributed by atoms with E-state index in [1.165, 1.54) is 19.3 Å². The van der Waals surface area contributed by atoms with E-state index >= 15 is 0 Å². The van der Waals surface area contributed by atoms with Gasteiger partial charge in [0.15, 0.2) is 0 Å². The normalized spacial score (nSPS) is 11.7. The molecule has 0 bridgehead atoms.